The van der Waals surface area contributed by atoms with Gasteiger partial charge in [-0.15, -0.1) is 5.10 Å². The van der Waals surface area contributed by atoms with Gasteiger partial charge in [0.05, 0.1) is 16.7 Å². The van der Waals surface area contributed by atoms with Crippen LogP contribution in [0.4, 0.5) is 0 Å². The van der Waals surface area contributed by atoms with Gasteiger partial charge in [-0.3, -0.25) is 0 Å². The van der Waals surface area contributed by atoms with Crippen molar-refractivity contribution >= 4 is 11.5 Å². The summed E-state index contributed by atoms with van der Waals surface area (Å²) in [6.45, 7) is 2.13. The van der Waals surface area contributed by atoms with Gasteiger partial charge in [0.15, 0.2) is 0 Å². The Bertz CT molecular complexity index is 321. The molecule has 1 aliphatic rings. The van der Waals surface area contributed by atoms with E-state index >= 15 is 0 Å². The number of aliphatic hydroxyl groups excluding tert-OH is 1. The number of hydrogen-bond acceptors (Lipinski definition) is 4. The fraction of sp³-hybridized carbons (Fsp3) is 0.833. The summed E-state index contributed by atoms with van der Waals surface area (Å²) < 4.78 is 3.97. The minimum absolute atomic E-state index is 0.329. The van der Waals surface area contributed by atoms with Crippen molar-refractivity contribution in [3.05, 3.63) is 10.6 Å². The Labute approximate surface area is 101 Å². The summed E-state index contributed by atoms with van der Waals surface area (Å²) in [5.74, 6) is 0.714. The van der Waals surface area contributed by atoms with Crippen molar-refractivity contribution in [2.75, 3.05) is 0 Å². The average molecular weight is 240 g/mol. The maximum Gasteiger partial charge on any atom is 0.0919 e. The van der Waals surface area contributed by atoms with Gasteiger partial charge in [0.25, 0.3) is 0 Å². The predicted octanol–water partition coefficient (Wildman–Crippen LogP) is 3.10. The van der Waals surface area contributed by atoms with Crippen LogP contribution >= 0.6 is 11.5 Å². The van der Waals surface area contributed by atoms with E-state index in [9.17, 15) is 5.11 Å². The Balaban J connectivity index is 1.96. The van der Waals surface area contributed by atoms with Gasteiger partial charge in [0, 0.05) is 0 Å². The highest BCUT2D eigenvalue weighted by molar-refractivity contribution is 7.05. The van der Waals surface area contributed by atoms with Crippen LogP contribution in [0.1, 0.15) is 62.1 Å². The van der Waals surface area contributed by atoms with Gasteiger partial charge in [-0.25, -0.2) is 0 Å². The van der Waals surface area contributed by atoms with Gasteiger partial charge in [-0.05, 0) is 30.3 Å². The molecular formula is C12H20N2OS. The van der Waals surface area contributed by atoms with E-state index in [1.54, 1.807) is 0 Å². The molecule has 1 aliphatic carbocycles. The van der Waals surface area contributed by atoms with Gasteiger partial charge in [-0.2, -0.15) is 0 Å². The molecule has 2 rings (SSSR count). The number of aromatic nitrogens is 2. The smallest absolute Gasteiger partial charge is 0.0919 e. The summed E-state index contributed by atoms with van der Waals surface area (Å²) in [5.41, 5.74) is 1.01. The highest BCUT2D eigenvalue weighted by Gasteiger charge is 2.23. The lowest BCUT2D eigenvalue weighted by Crippen LogP contribution is -2.05. The third kappa shape index (κ3) is 2.80. The van der Waals surface area contributed by atoms with Gasteiger partial charge < -0.3 is 5.11 Å². The van der Waals surface area contributed by atoms with Crippen LogP contribution in [0.5, 0.6) is 0 Å². The first-order chi connectivity index (χ1) is 7.81. The van der Waals surface area contributed by atoms with E-state index in [2.05, 4.69) is 16.5 Å². The van der Waals surface area contributed by atoms with Gasteiger partial charge >= 0.3 is 0 Å². The molecule has 16 heavy (non-hydrogen) atoms. The zero-order chi connectivity index (χ0) is 11.4. The second-order valence-corrected chi connectivity index (χ2v) is 5.52. The highest BCUT2D eigenvalue weighted by Crippen LogP contribution is 2.34. The fourth-order valence-electron chi connectivity index (χ4n) is 2.55. The molecule has 0 saturated heterocycles. The summed E-state index contributed by atoms with van der Waals surface area (Å²) in [4.78, 5) is 1.01. The van der Waals surface area contributed by atoms with Crippen LogP contribution in [0.25, 0.3) is 0 Å². The molecule has 1 fully saturated rings. The molecule has 0 aromatic carbocycles. The maximum absolute atomic E-state index is 10.2. The number of aryl methyl sites for hydroxylation is 1. The van der Waals surface area contributed by atoms with E-state index in [-0.39, 0.29) is 6.10 Å². The first kappa shape index (κ1) is 12.0. The van der Waals surface area contributed by atoms with Crippen molar-refractivity contribution in [2.24, 2.45) is 5.92 Å². The SMILES string of the molecule is CCCc1nnsc1C(O)CC1CCCC1. The maximum atomic E-state index is 10.2. The summed E-state index contributed by atoms with van der Waals surface area (Å²) in [7, 11) is 0. The van der Waals surface area contributed by atoms with E-state index in [0.29, 0.717) is 5.92 Å². The molecule has 0 radical (unpaired) electrons. The van der Waals surface area contributed by atoms with Crippen molar-refractivity contribution < 1.29 is 5.11 Å². The molecule has 0 aliphatic heterocycles. The average Bonchev–Trinajstić information content (AvgIpc) is 2.89. The predicted molar refractivity (Wildman–Crippen MR) is 65.4 cm³/mol. The topological polar surface area (TPSA) is 46.0 Å². The number of hydrogen-bond donors (Lipinski definition) is 1. The Kier molecular flexibility index (Phi) is 4.29. The highest BCUT2D eigenvalue weighted by atomic mass is 32.1. The van der Waals surface area contributed by atoms with E-state index in [1.807, 2.05) is 0 Å². The van der Waals surface area contributed by atoms with Crippen molar-refractivity contribution in [3.63, 3.8) is 0 Å². The van der Waals surface area contributed by atoms with E-state index < -0.39 is 0 Å². The lowest BCUT2D eigenvalue weighted by atomic mass is 9.98. The van der Waals surface area contributed by atoms with Crippen LogP contribution < -0.4 is 0 Å². The zero-order valence-electron chi connectivity index (χ0n) is 9.85. The number of rotatable bonds is 5. The third-order valence-corrected chi connectivity index (χ3v) is 4.27. The van der Waals surface area contributed by atoms with Gasteiger partial charge in [0.1, 0.15) is 0 Å². The lowest BCUT2D eigenvalue weighted by Gasteiger charge is -2.14. The van der Waals surface area contributed by atoms with Crippen molar-refractivity contribution in [1.29, 1.82) is 0 Å². The van der Waals surface area contributed by atoms with Crippen molar-refractivity contribution in [1.82, 2.24) is 9.59 Å². The van der Waals surface area contributed by atoms with Crippen LogP contribution in [0.3, 0.4) is 0 Å². The fourth-order valence-corrected chi connectivity index (χ4v) is 3.24. The first-order valence-electron chi connectivity index (χ1n) is 6.30. The quantitative estimate of drug-likeness (QED) is 0.860. The normalized spacial score (nSPS) is 19.1. The Morgan fingerprint density at radius 3 is 2.88 bits per heavy atom. The minimum atomic E-state index is -0.329. The summed E-state index contributed by atoms with van der Waals surface area (Å²) in [6, 6.07) is 0. The van der Waals surface area contributed by atoms with Crippen molar-refractivity contribution in [3.8, 4) is 0 Å². The molecule has 1 unspecified atom stereocenters. The molecule has 1 atom stereocenters. The summed E-state index contributed by atoms with van der Waals surface area (Å²) >= 11 is 1.37. The second kappa shape index (κ2) is 5.73. The molecule has 1 N–H and O–H groups in total. The van der Waals surface area contributed by atoms with Crippen LogP contribution in [0.15, 0.2) is 0 Å². The molecule has 0 spiro atoms. The zero-order valence-corrected chi connectivity index (χ0v) is 10.7. The molecule has 1 aromatic rings. The minimum Gasteiger partial charge on any atom is -0.387 e. The van der Waals surface area contributed by atoms with Crippen molar-refractivity contribution in [2.45, 2.75) is 58.0 Å². The van der Waals surface area contributed by atoms with E-state index in [0.717, 1.165) is 29.8 Å². The van der Waals surface area contributed by atoms with Gasteiger partial charge in [0.2, 0.25) is 0 Å². The first-order valence-corrected chi connectivity index (χ1v) is 7.07. The van der Waals surface area contributed by atoms with Crippen LogP contribution in [0, 0.1) is 5.92 Å². The number of nitrogens with zero attached hydrogens (tertiary/aromatic N) is 2. The molecule has 1 saturated carbocycles. The van der Waals surface area contributed by atoms with E-state index in [1.165, 1.54) is 37.2 Å². The van der Waals surface area contributed by atoms with Gasteiger partial charge in [-0.1, -0.05) is 43.5 Å². The second-order valence-electron chi connectivity index (χ2n) is 4.74. The van der Waals surface area contributed by atoms with Crippen LogP contribution in [-0.2, 0) is 6.42 Å². The van der Waals surface area contributed by atoms with Crippen LogP contribution in [0.2, 0.25) is 0 Å². The lowest BCUT2D eigenvalue weighted by molar-refractivity contribution is 0.147. The van der Waals surface area contributed by atoms with Crippen LogP contribution in [-0.4, -0.2) is 14.7 Å². The molecule has 1 heterocycles. The molecule has 0 amide bonds. The van der Waals surface area contributed by atoms with E-state index in [4.69, 9.17) is 0 Å². The molecular weight excluding hydrogens is 220 g/mol. The number of aliphatic hydroxyl groups is 1. The molecule has 3 nitrogen and oxygen atoms in total. The molecule has 0 bridgehead atoms. The molecule has 90 valence electrons. The Hall–Kier alpha value is -0.480. The molecule has 4 heteroatoms. The summed E-state index contributed by atoms with van der Waals surface area (Å²) in [5, 5.41) is 14.3. The summed E-state index contributed by atoms with van der Waals surface area (Å²) in [6.07, 6.45) is 7.81. The standard InChI is InChI=1S/C12H20N2OS/c1-2-5-10-12(16-14-13-10)11(15)8-9-6-3-4-7-9/h9,11,15H,2-8H2,1H3. The Morgan fingerprint density at radius 1 is 1.44 bits per heavy atom. The third-order valence-electron chi connectivity index (χ3n) is 3.41. The molecule has 1 aromatic heterocycles. The Morgan fingerprint density at radius 2 is 2.19 bits per heavy atom. The largest absolute Gasteiger partial charge is 0.387 e. The monoisotopic (exact) mass is 240 g/mol.